The van der Waals surface area contributed by atoms with Crippen LogP contribution < -0.4 is 0 Å². The van der Waals surface area contributed by atoms with Crippen molar-refractivity contribution in [2.24, 2.45) is 0 Å². The van der Waals surface area contributed by atoms with Crippen LogP contribution in [0, 0.1) is 11.5 Å². The van der Waals surface area contributed by atoms with Gasteiger partial charge in [-0.2, -0.15) is 0 Å². The number of ether oxygens (including phenoxy) is 1. The van der Waals surface area contributed by atoms with Gasteiger partial charge in [0.05, 0.1) is 5.56 Å². The Bertz CT molecular complexity index is 529. The average Bonchev–Trinajstić information content (AvgIpc) is 2.51. The third kappa shape index (κ3) is 2.59. The standard InChI is InChI=1S/C14H16O2Si/c1-10-13-9-11(7-8-17(2,3)4)5-6-12(13)14(15)16-10/h5-6,9-10H,1-4H3. The number of hydrogen-bond donors (Lipinski definition) is 0. The summed E-state index contributed by atoms with van der Waals surface area (Å²) >= 11 is 0. The van der Waals surface area contributed by atoms with Gasteiger partial charge in [-0.1, -0.05) is 25.6 Å². The van der Waals surface area contributed by atoms with Crippen molar-refractivity contribution in [1.82, 2.24) is 0 Å². The lowest BCUT2D eigenvalue weighted by molar-refractivity contribution is 0.0422. The van der Waals surface area contributed by atoms with E-state index in [1.165, 1.54) is 0 Å². The number of fused-ring (bicyclic) bond motifs is 1. The fraction of sp³-hybridized carbons (Fsp3) is 0.357. The van der Waals surface area contributed by atoms with E-state index < -0.39 is 8.07 Å². The lowest BCUT2D eigenvalue weighted by atomic mass is 10.0. The van der Waals surface area contributed by atoms with Crippen LogP contribution in [0.25, 0.3) is 0 Å². The molecule has 3 heteroatoms. The van der Waals surface area contributed by atoms with Crippen molar-refractivity contribution in [1.29, 1.82) is 0 Å². The highest BCUT2D eigenvalue weighted by atomic mass is 28.3. The highest BCUT2D eigenvalue weighted by molar-refractivity contribution is 6.83. The molecule has 0 radical (unpaired) electrons. The minimum Gasteiger partial charge on any atom is -0.454 e. The Labute approximate surface area is 103 Å². The van der Waals surface area contributed by atoms with E-state index >= 15 is 0 Å². The van der Waals surface area contributed by atoms with Crippen LogP contribution in [0.1, 0.15) is 34.5 Å². The van der Waals surface area contributed by atoms with Crippen LogP contribution >= 0.6 is 0 Å². The molecule has 0 aliphatic carbocycles. The van der Waals surface area contributed by atoms with Crippen molar-refractivity contribution >= 4 is 14.0 Å². The lowest BCUT2D eigenvalue weighted by Gasteiger charge is -2.04. The Balaban J connectivity index is 2.38. The molecule has 0 N–H and O–H groups in total. The molecule has 1 aromatic rings. The van der Waals surface area contributed by atoms with Gasteiger partial charge >= 0.3 is 5.97 Å². The number of hydrogen-bond acceptors (Lipinski definition) is 2. The van der Waals surface area contributed by atoms with Gasteiger partial charge in [0.15, 0.2) is 0 Å². The van der Waals surface area contributed by atoms with Crippen LogP contribution in [0.15, 0.2) is 18.2 Å². The van der Waals surface area contributed by atoms with Crippen LogP contribution in [0.5, 0.6) is 0 Å². The molecule has 0 amide bonds. The van der Waals surface area contributed by atoms with E-state index in [1.807, 2.05) is 25.1 Å². The molecule has 0 bridgehead atoms. The Morgan fingerprint density at radius 2 is 2.00 bits per heavy atom. The summed E-state index contributed by atoms with van der Waals surface area (Å²) in [6.07, 6.45) is -0.147. The molecule has 1 aliphatic heterocycles. The number of carbonyl (C=O) groups is 1. The summed E-state index contributed by atoms with van der Waals surface area (Å²) in [4.78, 5) is 11.5. The summed E-state index contributed by atoms with van der Waals surface area (Å²) < 4.78 is 5.15. The van der Waals surface area contributed by atoms with E-state index in [0.29, 0.717) is 5.56 Å². The van der Waals surface area contributed by atoms with Crippen molar-refractivity contribution in [2.45, 2.75) is 32.7 Å². The maximum Gasteiger partial charge on any atom is 0.339 e. The predicted octanol–water partition coefficient (Wildman–Crippen LogP) is 3.15. The van der Waals surface area contributed by atoms with Crippen LogP contribution in [-0.4, -0.2) is 14.0 Å². The number of rotatable bonds is 0. The fourth-order valence-electron chi connectivity index (χ4n) is 1.71. The molecule has 1 aromatic carbocycles. The molecule has 1 heterocycles. The van der Waals surface area contributed by atoms with Crippen LogP contribution in [0.2, 0.25) is 19.6 Å². The minimum atomic E-state index is -1.36. The zero-order chi connectivity index (χ0) is 12.6. The first kappa shape index (κ1) is 11.9. The zero-order valence-corrected chi connectivity index (χ0v) is 11.6. The van der Waals surface area contributed by atoms with Gasteiger partial charge in [0, 0.05) is 11.1 Å². The fourth-order valence-corrected chi connectivity index (χ4v) is 2.23. The summed E-state index contributed by atoms with van der Waals surface area (Å²) in [5.74, 6) is 2.97. The third-order valence-electron chi connectivity index (χ3n) is 2.58. The first-order valence-electron chi connectivity index (χ1n) is 5.75. The van der Waals surface area contributed by atoms with Gasteiger partial charge in [0.25, 0.3) is 0 Å². The molecule has 2 rings (SSSR count). The average molecular weight is 244 g/mol. The van der Waals surface area contributed by atoms with Gasteiger partial charge in [-0.25, -0.2) is 4.79 Å². The molecular formula is C14H16O2Si. The molecular weight excluding hydrogens is 228 g/mol. The second-order valence-corrected chi connectivity index (χ2v) is 10.1. The van der Waals surface area contributed by atoms with E-state index in [1.54, 1.807) is 0 Å². The van der Waals surface area contributed by atoms with Crippen molar-refractivity contribution in [3.05, 3.63) is 34.9 Å². The summed E-state index contributed by atoms with van der Waals surface area (Å²) in [5, 5.41) is 0. The van der Waals surface area contributed by atoms with Crippen LogP contribution in [0.3, 0.4) is 0 Å². The molecule has 0 saturated carbocycles. The quantitative estimate of drug-likeness (QED) is 0.398. The highest BCUT2D eigenvalue weighted by Gasteiger charge is 2.27. The largest absolute Gasteiger partial charge is 0.454 e. The molecule has 88 valence electrons. The lowest BCUT2D eigenvalue weighted by Crippen LogP contribution is -2.16. The normalized spacial score (nSPS) is 18.1. The predicted molar refractivity (Wildman–Crippen MR) is 70.5 cm³/mol. The monoisotopic (exact) mass is 244 g/mol. The highest BCUT2D eigenvalue weighted by Crippen LogP contribution is 2.30. The second kappa shape index (κ2) is 4.05. The zero-order valence-electron chi connectivity index (χ0n) is 10.6. The van der Waals surface area contributed by atoms with Crippen LogP contribution in [-0.2, 0) is 4.74 Å². The van der Waals surface area contributed by atoms with E-state index in [2.05, 4.69) is 31.1 Å². The molecule has 17 heavy (non-hydrogen) atoms. The maximum atomic E-state index is 11.5. The van der Waals surface area contributed by atoms with Gasteiger partial charge in [-0.3, -0.25) is 0 Å². The molecule has 0 aromatic heterocycles. The number of benzene rings is 1. The van der Waals surface area contributed by atoms with Crippen molar-refractivity contribution < 1.29 is 9.53 Å². The van der Waals surface area contributed by atoms with Crippen molar-refractivity contribution in [3.8, 4) is 11.5 Å². The van der Waals surface area contributed by atoms with Gasteiger partial charge in [-0.15, -0.1) is 5.54 Å². The smallest absolute Gasteiger partial charge is 0.339 e. The van der Waals surface area contributed by atoms with E-state index in [9.17, 15) is 4.79 Å². The van der Waals surface area contributed by atoms with Gasteiger partial charge in [0.2, 0.25) is 0 Å². The summed E-state index contributed by atoms with van der Waals surface area (Å²) in [6, 6.07) is 5.68. The third-order valence-corrected chi connectivity index (χ3v) is 3.45. The SMILES string of the molecule is CC1OC(=O)c2ccc(C#C[Si](C)(C)C)cc21. The van der Waals surface area contributed by atoms with E-state index in [4.69, 9.17) is 4.74 Å². The number of carbonyl (C=O) groups excluding carboxylic acids is 1. The molecule has 0 saturated heterocycles. The van der Waals surface area contributed by atoms with Gasteiger partial charge in [0.1, 0.15) is 14.2 Å². The first-order valence-corrected chi connectivity index (χ1v) is 9.25. The molecule has 1 unspecified atom stereocenters. The van der Waals surface area contributed by atoms with E-state index in [0.717, 1.165) is 11.1 Å². The molecule has 0 fully saturated rings. The van der Waals surface area contributed by atoms with Crippen molar-refractivity contribution in [3.63, 3.8) is 0 Å². The topological polar surface area (TPSA) is 26.3 Å². The van der Waals surface area contributed by atoms with E-state index in [-0.39, 0.29) is 12.1 Å². The molecule has 1 atom stereocenters. The molecule has 2 nitrogen and oxygen atoms in total. The van der Waals surface area contributed by atoms with Crippen LogP contribution in [0.4, 0.5) is 0 Å². The summed E-state index contributed by atoms with van der Waals surface area (Å²) in [5.41, 5.74) is 5.92. The van der Waals surface area contributed by atoms with Gasteiger partial charge in [-0.05, 0) is 25.1 Å². The number of esters is 1. The maximum absolute atomic E-state index is 11.5. The Kier molecular flexibility index (Phi) is 2.84. The van der Waals surface area contributed by atoms with Crippen molar-refractivity contribution in [2.75, 3.05) is 0 Å². The summed E-state index contributed by atoms with van der Waals surface area (Å²) in [6.45, 7) is 8.52. The van der Waals surface area contributed by atoms with Gasteiger partial charge < -0.3 is 4.74 Å². The number of cyclic esters (lactones) is 1. The minimum absolute atomic E-state index is 0.147. The summed E-state index contributed by atoms with van der Waals surface area (Å²) in [7, 11) is -1.36. The Morgan fingerprint density at radius 3 is 2.65 bits per heavy atom. The molecule has 0 spiro atoms. The Morgan fingerprint density at radius 1 is 1.29 bits per heavy atom. The Hall–Kier alpha value is -1.53. The second-order valence-electron chi connectivity index (χ2n) is 5.35. The molecule has 1 aliphatic rings. The first-order chi connectivity index (χ1) is 7.87.